The predicted octanol–water partition coefficient (Wildman–Crippen LogP) is 5.45. The third kappa shape index (κ3) is 4.88. The molecule has 1 aromatic heterocycles. The largest absolute Gasteiger partial charge is 0.508 e. The summed E-state index contributed by atoms with van der Waals surface area (Å²) in [5.74, 6) is 1.70. The van der Waals surface area contributed by atoms with Crippen molar-refractivity contribution in [1.82, 2.24) is 4.68 Å². The van der Waals surface area contributed by atoms with Crippen LogP contribution in [-0.2, 0) is 0 Å². The van der Waals surface area contributed by atoms with Gasteiger partial charge in [0, 0.05) is 17.0 Å². The topological polar surface area (TPSA) is 68.3 Å². The van der Waals surface area contributed by atoms with E-state index in [0.717, 1.165) is 51.7 Å². The van der Waals surface area contributed by atoms with Crippen LogP contribution in [0.2, 0.25) is 0 Å². The van der Waals surface area contributed by atoms with Crippen molar-refractivity contribution >= 4 is 17.0 Å². The van der Waals surface area contributed by atoms with Crippen molar-refractivity contribution in [3.05, 3.63) is 58.2 Å². The van der Waals surface area contributed by atoms with Gasteiger partial charge in [-0.25, -0.2) is 4.68 Å². The molecule has 7 heteroatoms. The average molecular weight is 452 g/mol. The zero-order chi connectivity index (χ0) is 22.5. The molecule has 3 aromatic rings. The van der Waals surface area contributed by atoms with Crippen LogP contribution in [0.5, 0.6) is 17.2 Å². The highest BCUT2D eigenvalue weighted by molar-refractivity contribution is 7.07. The molecule has 168 valence electrons. The summed E-state index contributed by atoms with van der Waals surface area (Å²) in [5, 5.41) is 16.7. The maximum absolute atomic E-state index is 9.63. The molecule has 0 unspecified atom stereocenters. The highest BCUT2D eigenvalue weighted by atomic mass is 32.1. The van der Waals surface area contributed by atoms with E-state index in [-0.39, 0.29) is 5.75 Å². The van der Waals surface area contributed by atoms with E-state index in [4.69, 9.17) is 19.6 Å². The van der Waals surface area contributed by atoms with Crippen molar-refractivity contribution in [3.63, 3.8) is 0 Å². The summed E-state index contributed by atoms with van der Waals surface area (Å²) in [6.45, 7) is 1.97. The van der Waals surface area contributed by atoms with E-state index in [2.05, 4.69) is 5.38 Å². The Labute approximate surface area is 192 Å². The fourth-order valence-corrected chi connectivity index (χ4v) is 4.85. The maximum atomic E-state index is 9.63. The summed E-state index contributed by atoms with van der Waals surface area (Å²) < 4.78 is 13.0. The number of hydrogen-bond donors (Lipinski definition) is 1. The second kappa shape index (κ2) is 10.0. The van der Waals surface area contributed by atoms with Crippen LogP contribution < -0.4 is 14.3 Å². The molecule has 0 aliphatic heterocycles. The highest BCUT2D eigenvalue weighted by Gasteiger charge is 2.17. The molecule has 1 fully saturated rings. The van der Waals surface area contributed by atoms with Gasteiger partial charge in [-0.15, -0.1) is 11.3 Å². The van der Waals surface area contributed by atoms with Gasteiger partial charge in [-0.2, -0.15) is 5.10 Å². The zero-order valence-electron chi connectivity index (χ0n) is 18.7. The summed E-state index contributed by atoms with van der Waals surface area (Å²) in [5.41, 5.74) is 3.62. The van der Waals surface area contributed by atoms with E-state index < -0.39 is 0 Å². The first kappa shape index (κ1) is 22.1. The average Bonchev–Trinajstić information content (AvgIpc) is 3.21. The van der Waals surface area contributed by atoms with Gasteiger partial charge in [0.15, 0.2) is 0 Å². The van der Waals surface area contributed by atoms with Gasteiger partial charge < -0.3 is 14.6 Å². The third-order valence-corrected chi connectivity index (χ3v) is 6.60. The zero-order valence-corrected chi connectivity index (χ0v) is 19.6. The molecule has 0 spiro atoms. The van der Waals surface area contributed by atoms with Gasteiger partial charge in [-0.05, 0) is 61.7 Å². The monoisotopic (exact) mass is 451 g/mol. The molecule has 4 rings (SSSR count). The molecule has 32 heavy (non-hydrogen) atoms. The molecule has 0 atom stereocenters. The number of benzene rings is 2. The van der Waals surface area contributed by atoms with Crippen molar-refractivity contribution in [2.24, 2.45) is 10.1 Å². The minimum Gasteiger partial charge on any atom is -0.508 e. The Balaban J connectivity index is 1.85. The van der Waals surface area contributed by atoms with Crippen molar-refractivity contribution in [2.45, 2.75) is 45.1 Å². The molecule has 0 bridgehead atoms. The molecule has 0 saturated heterocycles. The third-order valence-electron chi connectivity index (χ3n) is 5.77. The molecule has 2 aromatic carbocycles. The lowest BCUT2D eigenvalue weighted by molar-refractivity contribution is 0.395. The molecular formula is C25H29N3O3S. The lowest BCUT2D eigenvalue weighted by Crippen LogP contribution is -2.19. The maximum Gasteiger partial charge on any atom is 0.206 e. The smallest absolute Gasteiger partial charge is 0.206 e. The summed E-state index contributed by atoms with van der Waals surface area (Å²) in [7, 11) is 3.30. The minimum absolute atomic E-state index is 0.237. The van der Waals surface area contributed by atoms with Crippen LogP contribution in [-0.4, -0.2) is 35.8 Å². The molecule has 1 heterocycles. The summed E-state index contributed by atoms with van der Waals surface area (Å²) in [6, 6.07) is 13.2. The Bertz CT molecular complexity index is 1160. The van der Waals surface area contributed by atoms with Gasteiger partial charge in [0.25, 0.3) is 0 Å². The first-order chi connectivity index (χ1) is 15.6. The van der Waals surface area contributed by atoms with Crippen molar-refractivity contribution in [1.29, 1.82) is 0 Å². The van der Waals surface area contributed by atoms with Crippen LogP contribution in [0, 0.1) is 0 Å². The van der Waals surface area contributed by atoms with Crippen molar-refractivity contribution in [3.8, 4) is 28.5 Å². The summed E-state index contributed by atoms with van der Waals surface area (Å²) in [6.07, 6.45) is 6.01. The fraction of sp³-hybridized carbons (Fsp3) is 0.360. The van der Waals surface area contributed by atoms with Crippen molar-refractivity contribution in [2.75, 3.05) is 14.2 Å². The number of aromatic nitrogens is 1. The predicted molar refractivity (Wildman–Crippen MR) is 129 cm³/mol. The lowest BCUT2D eigenvalue weighted by Gasteiger charge is -2.17. The van der Waals surface area contributed by atoms with Crippen LogP contribution in [0.1, 0.15) is 44.6 Å². The quantitative estimate of drug-likeness (QED) is 0.507. The van der Waals surface area contributed by atoms with Crippen LogP contribution in [0.15, 0.2) is 57.9 Å². The number of thiazole rings is 1. The van der Waals surface area contributed by atoms with Crippen LogP contribution in [0.4, 0.5) is 0 Å². The lowest BCUT2D eigenvalue weighted by atomic mass is 9.96. The van der Waals surface area contributed by atoms with E-state index in [9.17, 15) is 5.11 Å². The van der Waals surface area contributed by atoms with Gasteiger partial charge in [-0.3, -0.25) is 4.99 Å². The number of phenolic OH excluding ortho intramolecular Hbond substituents is 1. The normalized spacial score (nSPS) is 15.7. The number of nitrogens with zero attached hydrogens (tertiary/aromatic N) is 3. The van der Waals surface area contributed by atoms with Gasteiger partial charge in [0.2, 0.25) is 4.80 Å². The number of aromatic hydroxyl groups is 1. The minimum atomic E-state index is 0.237. The van der Waals surface area contributed by atoms with E-state index in [0.29, 0.717) is 6.04 Å². The van der Waals surface area contributed by atoms with Crippen LogP contribution in [0.25, 0.3) is 11.3 Å². The standard InChI is InChI=1S/C25H29N3O3S/c1-17(18-9-11-20(29)12-10-18)27-28-23(22-14-13-21(30-2)15-24(22)31-3)16-32-25(28)26-19-7-5-4-6-8-19/h9-16,19,29H,4-8H2,1-3H3. The number of hydrogen-bond acceptors (Lipinski definition) is 6. The molecular weight excluding hydrogens is 422 g/mol. The van der Waals surface area contributed by atoms with Gasteiger partial charge >= 0.3 is 0 Å². The first-order valence-corrected chi connectivity index (χ1v) is 11.8. The Morgan fingerprint density at radius 1 is 1.03 bits per heavy atom. The van der Waals surface area contributed by atoms with Gasteiger partial charge in [0.1, 0.15) is 17.2 Å². The van der Waals surface area contributed by atoms with Crippen molar-refractivity contribution < 1.29 is 14.6 Å². The van der Waals surface area contributed by atoms with E-state index in [1.165, 1.54) is 19.3 Å². The molecule has 0 radical (unpaired) electrons. The second-order valence-corrected chi connectivity index (χ2v) is 8.77. The van der Waals surface area contributed by atoms with E-state index in [1.54, 1.807) is 37.7 Å². The summed E-state index contributed by atoms with van der Waals surface area (Å²) in [4.78, 5) is 5.96. The fourth-order valence-electron chi connectivity index (χ4n) is 3.96. The SMILES string of the molecule is COc1ccc(-c2csc(=NC3CCCCC3)n2N=C(C)c2ccc(O)cc2)c(OC)c1. The van der Waals surface area contributed by atoms with Gasteiger partial charge in [0.05, 0.1) is 31.7 Å². The van der Waals surface area contributed by atoms with E-state index >= 15 is 0 Å². The number of ether oxygens (including phenoxy) is 2. The number of methoxy groups -OCH3 is 2. The Kier molecular flexibility index (Phi) is 6.95. The molecule has 6 nitrogen and oxygen atoms in total. The van der Waals surface area contributed by atoms with E-state index in [1.807, 2.05) is 41.9 Å². The Hall–Kier alpha value is -3.06. The summed E-state index contributed by atoms with van der Waals surface area (Å²) >= 11 is 1.60. The molecule has 1 aliphatic rings. The Morgan fingerprint density at radius 3 is 2.47 bits per heavy atom. The number of rotatable bonds is 6. The molecule has 1 N–H and O–H groups in total. The Morgan fingerprint density at radius 2 is 1.78 bits per heavy atom. The second-order valence-electron chi connectivity index (χ2n) is 7.93. The highest BCUT2D eigenvalue weighted by Crippen LogP contribution is 2.34. The molecule has 0 amide bonds. The molecule has 1 aliphatic carbocycles. The first-order valence-electron chi connectivity index (χ1n) is 10.9. The van der Waals surface area contributed by atoms with Crippen LogP contribution in [0.3, 0.4) is 0 Å². The number of phenols is 1. The van der Waals surface area contributed by atoms with Gasteiger partial charge in [-0.1, -0.05) is 19.3 Å². The molecule has 1 saturated carbocycles. The van der Waals surface area contributed by atoms with Crippen LogP contribution >= 0.6 is 11.3 Å².